The lowest BCUT2D eigenvalue weighted by Gasteiger charge is -2.14. The molecule has 0 bridgehead atoms. The van der Waals surface area contributed by atoms with Crippen LogP contribution in [0.1, 0.15) is 30.1 Å². The average molecular weight is 268 g/mol. The summed E-state index contributed by atoms with van der Waals surface area (Å²) in [4.78, 5) is 12.3. The van der Waals surface area contributed by atoms with E-state index in [4.69, 9.17) is 5.26 Å². The van der Waals surface area contributed by atoms with E-state index in [1.807, 2.05) is 13.0 Å². The average Bonchev–Trinajstić information content (AvgIpc) is 2.45. The predicted molar refractivity (Wildman–Crippen MR) is 77.4 cm³/mol. The first-order chi connectivity index (χ1) is 9.65. The number of hydrogen-bond donors (Lipinski definition) is 2. The molecule has 2 aromatic carbocycles. The summed E-state index contributed by atoms with van der Waals surface area (Å²) in [5, 5.41) is 22.7. The van der Waals surface area contributed by atoms with Crippen LogP contribution in [0.3, 0.4) is 0 Å². The van der Waals surface area contributed by atoms with Crippen molar-refractivity contribution in [3.8, 4) is 11.8 Å². The van der Waals surface area contributed by atoms with Crippen molar-refractivity contribution in [2.24, 2.45) is 0 Å². The molecular formula is C16H16N2O2. The zero-order chi connectivity index (χ0) is 14.5. The van der Waals surface area contributed by atoms with Gasteiger partial charge in [-0.3, -0.25) is 4.79 Å². The minimum Gasteiger partial charge on any atom is -0.508 e. The van der Waals surface area contributed by atoms with Gasteiger partial charge >= 0.3 is 0 Å². The van der Waals surface area contributed by atoms with Crippen molar-refractivity contribution in [2.75, 3.05) is 0 Å². The summed E-state index contributed by atoms with van der Waals surface area (Å²) < 4.78 is 0. The van der Waals surface area contributed by atoms with Crippen molar-refractivity contribution in [1.29, 1.82) is 5.26 Å². The maximum absolute atomic E-state index is 12.3. The summed E-state index contributed by atoms with van der Waals surface area (Å²) in [6, 6.07) is 12.2. The Kier molecular flexibility index (Phi) is 4.21. The highest BCUT2D eigenvalue weighted by molar-refractivity contribution is 6.07. The second-order valence-corrected chi connectivity index (χ2v) is 4.65. The highest BCUT2D eigenvalue weighted by Gasteiger charge is 2.14. The fourth-order valence-electron chi connectivity index (χ4n) is 2.14. The Morgan fingerprint density at radius 1 is 1.40 bits per heavy atom. The van der Waals surface area contributed by atoms with Gasteiger partial charge in [-0.2, -0.15) is 5.26 Å². The number of carbonyl (C=O) groups is 1. The Morgan fingerprint density at radius 2 is 2.20 bits per heavy atom. The lowest BCUT2D eigenvalue weighted by molar-refractivity contribution is 0.0938. The van der Waals surface area contributed by atoms with E-state index in [0.29, 0.717) is 18.4 Å². The van der Waals surface area contributed by atoms with E-state index in [0.717, 1.165) is 10.8 Å². The molecule has 0 aliphatic rings. The van der Waals surface area contributed by atoms with E-state index < -0.39 is 0 Å². The molecule has 0 aliphatic carbocycles. The fraction of sp³-hybridized carbons (Fsp3) is 0.250. The second-order valence-electron chi connectivity index (χ2n) is 4.65. The van der Waals surface area contributed by atoms with Gasteiger partial charge in [0.25, 0.3) is 5.91 Å². The van der Waals surface area contributed by atoms with Crippen LogP contribution >= 0.6 is 0 Å². The largest absolute Gasteiger partial charge is 0.508 e. The molecule has 0 unspecified atom stereocenters. The smallest absolute Gasteiger partial charge is 0.252 e. The first-order valence-electron chi connectivity index (χ1n) is 6.55. The van der Waals surface area contributed by atoms with E-state index in [9.17, 15) is 9.90 Å². The van der Waals surface area contributed by atoms with Gasteiger partial charge < -0.3 is 10.4 Å². The molecule has 1 amide bonds. The standard InChI is InChI=1S/C16H16N2O2/c1-2-12(8-9-17)18-16(20)15-5-3-4-11-10-13(19)6-7-14(11)15/h3-7,10,12,19H,2,8H2,1H3,(H,18,20)/t12-/m1/s1. The van der Waals surface area contributed by atoms with Crippen LogP contribution in [0, 0.1) is 11.3 Å². The number of aromatic hydroxyl groups is 1. The van der Waals surface area contributed by atoms with Crippen molar-refractivity contribution in [3.63, 3.8) is 0 Å². The molecule has 0 heterocycles. The maximum Gasteiger partial charge on any atom is 0.252 e. The van der Waals surface area contributed by atoms with Crippen molar-refractivity contribution >= 4 is 16.7 Å². The normalized spacial score (nSPS) is 11.8. The monoisotopic (exact) mass is 268 g/mol. The van der Waals surface area contributed by atoms with Gasteiger partial charge in [0.05, 0.1) is 12.5 Å². The molecule has 0 aromatic heterocycles. The number of fused-ring (bicyclic) bond motifs is 1. The van der Waals surface area contributed by atoms with Crippen molar-refractivity contribution in [2.45, 2.75) is 25.8 Å². The predicted octanol–water partition coefficient (Wildman–Crippen LogP) is 2.97. The SMILES string of the molecule is CC[C@H](CC#N)NC(=O)c1cccc2cc(O)ccc12. The van der Waals surface area contributed by atoms with Gasteiger partial charge in [0.2, 0.25) is 0 Å². The molecule has 102 valence electrons. The van der Waals surface area contributed by atoms with E-state index in [1.165, 1.54) is 0 Å². The third-order valence-electron chi connectivity index (χ3n) is 3.27. The Morgan fingerprint density at radius 3 is 2.90 bits per heavy atom. The summed E-state index contributed by atoms with van der Waals surface area (Å²) in [6.07, 6.45) is 1.01. The van der Waals surface area contributed by atoms with Gasteiger partial charge in [-0.15, -0.1) is 0 Å². The van der Waals surface area contributed by atoms with Gasteiger partial charge in [0.15, 0.2) is 0 Å². The van der Waals surface area contributed by atoms with Gasteiger partial charge in [-0.1, -0.05) is 19.1 Å². The Balaban J connectivity index is 2.33. The van der Waals surface area contributed by atoms with E-state index in [1.54, 1.807) is 30.3 Å². The summed E-state index contributed by atoms with van der Waals surface area (Å²) >= 11 is 0. The number of nitriles is 1. The van der Waals surface area contributed by atoms with Gasteiger partial charge in [0.1, 0.15) is 5.75 Å². The molecule has 0 saturated carbocycles. The van der Waals surface area contributed by atoms with Crippen LogP contribution in [0.5, 0.6) is 5.75 Å². The maximum atomic E-state index is 12.3. The first-order valence-corrected chi connectivity index (χ1v) is 6.55. The molecule has 0 radical (unpaired) electrons. The molecule has 4 nitrogen and oxygen atoms in total. The van der Waals surface area contributed by atoms with Crippen LogP contribution in [0.4, 0.5) is 0 Å². The van der Waals surface area contributed by atoms with Crippen LogP contribution < -0.4 is 5.32 Å². The fourth-order valence-corrected chi connectivity index (χ4v) is 2.14. The number of hydrogen-bond acceptors (Lipinski definition) is 3. The van der Waals surface area contributed by atoms with Crippen LogP contribution in [0.15, 0.2) is 36.4 Å². The van der Waals surface area contributed by atoms with Gasteiger partial charge in [-0.05, 0) is 41.5 Å². The molecule has 2 rings (SSSR count). The highest BCUT2D eigenvalue weighted by Crippen LogP contribution is 2.23. The minimum atomic E-state index is -0.191. The molecular weight excluding hydrogens is 252 g/mol. The third-order valence-corrected chi connectivity index (χ3v) is 3.27. The molecule has 4 heteroatoms. The number of amides is 1. The zero-order valence-electron chi connectivity index (χ0n) is 11.3. The number of phenolic OH excluding ortho intramolecular Hbond substituents is 1. The van der Waals surface area contributed by atoms with Crippen LogP contribution in [-0.2, 0) is 0 Å². The van der Waals surface area contributed by atoms with Gasteiger partial charge in [0, 0.05) is 11.6 Å². The van der Waals surface area contributed by atoms with Crippen LogP contribution in [0.2, 0.25) is 0 Å². The number of benzene rings is 2. The number of nitrogens with zero attached hydrogens (tertiary/aromatic N) is 1. The van der Waals surface area contributed by atoms with Crippen molar-refractivity contribution in [3.05, 3.63) is 42.0 Å². The topological polar surface area (TPSA) is 73.1 Å². The van der Waals surface area contributed by atoms with E-state index in [-0.39, 0.29) is 17.7 Å². The molecule has 2 N–H and O–H groups in total. The third kappa shape index (κ3) is 2.89. The summed E-state index contributed by atoms with van der Waals surface area (Å²) in [6.45, 7) is 1.93. The molecule has 0 spiro atoms. The molecule has 20 heavy (non-hydrogen) atoms. The lowest BCUT2D eigenvalue weighted by Crippen LogP contribution is -2.34. The highest BCUT2D eigenvalue weighted by atomic mass is 16.3. The van der Waals surface area contributed by atoms with Crippen molar-refractivity contribution < 1.29 is 9.90 Å². The Labute approximate surface area is 117 Å². The number of phenols is 1. The first kappa shape index (κ1) is 13.9. The van der Waals surface area contributed by atoms with Crippen LogP contribution in [0.25, 0.3) is 10.8 Å². The summed E-state index contributed by atoms with van der Waals surface area (Å²) in [5.74, 6) is -0.0191. The quantitative estimate of drug-likeness (QED) is 0.895. The van der Waals surface area contributed by atoms with E-state index >= 15 is 0 Å². The number of nitrogens with one attached hydrogen (secondary N) is 1. The zero-order valence-corrected chi connectivity index (χ0v) is 11.3. The van der Waals surface area contributed by atoms with E-state index in [2.05, 4.69) is 11.4 Å². The van der Waals surface area contributed by atoms with Gasteiger partial charge in [-0.25, -0.2) is 0 Å². The molecule has 0 fully saturated rings. The van der Waals surface area contributed by atoms with Crippen molar-refractivity contribution in [1.82, 2.24) is 5.32 Å². The second kappa shape index (κ2) is 6.07. The summed E-state index contributed by atoms with van der Waals surface area (Å²) in [5.41, 5.74) is 0.555. The number of rotatable bonds is 4. The molecule has 2 aromatic rings. The Hall–Kier alpha value is -2.54. The number of carbonyl (C=O) groups excluding carboxylic acids is 1. The lowest BCUT2D eigenvalue weighted by atomic mass is 10.0. The summed E-state index contributed by atoms with van der Waals surface area (Å²) in [7, 11) is 0. The molecule has 1 atom stereocenters. The molecule has 0 aliphatic heterocycles. The van der Waals surface area contributed by atoms with Crippen LogP contribution in [-0.4, -0.2) is 17.1 Å². The molecule has 0 saturated heterocycles. The minimum absolute atomic E-state index is 0.139. The Bertz CT molecular complexity index is 674.